The van der Waals surface area contributed by atoms with E-state index in [-0.39, 0.29) is 12.5 Å². The van der Waals surface area contributed by atoms with Crippen LogP contribution in [0, 0.1) is 0 Å². The molecule has 22 heavy (non-hydrogen) atoms. The fourth-order valence-corrected chi connectivity index (χ4v) is 1.87. The predicted octanol–water partition coefficient (Wildman–Crippen LogP) is 3.96. The minimum Gasteiger partial charge on any atom is -0.490 e. The van der Waals surface area contributed by atoms with Crippen LogP contribution in [0.15, 0.2) is 61.2 Å². The highest BCUT2D eigenvalue weighted by Gasteiger charge is 2.03. The van der Waals surface area contributed by atoms with Crippen molar-refractivity contribution < 1.29 is 9.53 Å². The standard InChI is InChI=1S/C17H17ClN2O2/c1-2-11-22-16-9-7-15(8-10-16)20-17(21)12-19-14-5-3-13(18)4-6-14/h2-10,19H,1,11-12H2,(H,20,21). The van der Waals surface area contributed by atoms with Gasteiger partial charge in [0, 0.05) is 16.4 Å². The smallest absolute Gasteiger partial charge is 0.243 e. The zero-order chi connectivity index (χ0) is 15.8. The SMILES string of the molecule is C=CCOc1ccc(NC(=O)CNc2ccc(Cl)cc2)cc1. The number of benzene rings is 2. The number of carbonyl (C=O) groups is 1. The molecule has 0 aliphatic heterocycles. The minimum absolute atomic E-state index is 0.130. The fraction of sp³-hybridized carbons (Fsp3) is 0.118. The van der Waals surface area contributed by atoms with Crippen LogP contribution in [0.4, 0.5) is 11.4 Å². The third-order valence-corrected chi connectivity index (χ3v) is 3.06. The van der Waals surface area contributed by atoms with E-state index in [1.807, 2.05) is 12.1 Å². The largest absolute Gasteiger partial charge is 0.490 e. The number of halogens is 1. The van der Waals surface area contributed by atoms with Gasteiger partial charge in [-0.05, 0) is 48.5 Å². The molecule has 0 aromatic heterocycles. The molecule has 114 valence electrons. The van der Waals surface area contributed by atoms with Crippen LogP contribution in [0.1, 0.15) is 0 Å². The number of hydrogen-bond acceptors (Lipinski definition) is 3. The molecule has 0 radical (unpaired) electrons. The first-order valence-electron chi connectivity index (χ1n) is 6.80. The van der Waals surface area contributed by atoms with Gasteiger partial charge in [-0.25, -0.2) is 0 Å². The van der Waals surface area contributed by atoms with Gasteiger partial charge in [-0.3, -0.25) is 4.79 Å². The molecule has 4 nitrogen and oxygen atoms in total. The van der Waals surface area contributed by atoms with Crippen molar-refractivity contribution in [2.24, 2.45) is 0 Å². The molecule has 2 aromatic rings. The highest BCUT2D eigenvalue weighted by atomic mass is 35.5. The van der Waals surface area contributed by atoms with Crippen molar-refractivity contribution >= 4 is 28.9 Å². The zero-order valence-electron chi connectivity index (χ0n) is 12.0. The van der Waals surface area contributed by atoms with E-state index in [1.165, 1.54) is 0 Å². The monoisotopic (exact) mass is 316 g/mol. The molecule has 0 fully saturated rings. The summed E-state index contributed by atoms with van der Waals surface area (Å²) >= 11 is 5.80. The van der Waals surface area contributed by atoms with Gasteiger partial charge < -0.3 is 15.4 Å². The molecule has 0 unspecified atom stereocenters. The van der Waals surface area contributed by atoms with Crippen molar-refractivity contribution in [1.29, 1.82) is 0 Å². The van der Waals surface area contributed by atoms with Crippen molar-refractivity contribution in [2.45, 2.75) is 0 Å². The van der Waals surface area contributed by atoms with E-state index < -0.39 is 0 Å². The summed E-state index contributed by atoms with van der Waals surface area (Å²) in [6, 6.07) is 14.4. The van der Waals surface area contributed by atoms with Gasteiger partial charge >= 0.3 is 0 Å². The molecule has 2 rings (SSSR count). The molecule has 0 spiro atoms. The first-order chi connectivity index (χ1) is 10.7. The second-order valence-electron chi connectivity index (χ2n) is 4.53. The topological polar surface area (TPSA) is 50.4 Å². The van der Waals surface area contributed by atoms with Gasteiger partial charge in [0.15, 0.2) is 0 Å². The average Bonchev–Trinajstić information content (AvgIpc) is 2.54. The second-order valence-corrected chi connectivity index (χ2v) is 4.97. The van der Waals surface area contributed by atoms with E-state index in [0.717, 1.165) is 11.4 Å². The number of carbonyl (C=O) groups excluding carboxylic acids is 1. The summed E-state index contributed by atoms with van der Waals surface area (Å²) in [6.45, 7) is 4.22. The number of rotatable bonds is 7. The lowest BCUT2D eigenvalue weighted by atomic mass is 10.3. The Hall–Kier alpha value is -2.46. The lowest BCUT2D eigenvalue weighted by molar-refractivity contribution is -0.114. The summed E-state index contributed by atoms with van der Waals surface area (Å²) in [5, 5.41) is 6.49. The van der Waals surface area contributed by atoms with E-state index >= 15 is 0 Å². The van der Waals surface area contributed by atoms with Crippen LogP contribution in [0.25, 0.3) is 0 Å². The molecule has 2 aromatic carbocycles. The van der Waals surface area contributed by atoms with Gasteiger partial charge in [-0.1, -0.05) is 24.3 Å². The van der Waals surface area contributed by atoms with Crippen LogP contribution in [-0.4, -0.2) is 19.1 Å². The Morgan fingerprint density at radius 3 is 2.36 bits per heavy atom. The summed E-state index contributed by atoms with van der Waals surface area (Å²) < 4.78 is 5.38. The Kier molecular flexibility index (Phi) is 5.86. The lowest BCUT2D eigenvalue weighted by Crippen LogP contribution is -2.21. The fourth-order valence-electron chi connectivity index (χ4n) is 1.74. The van der Waals surface area contributed by atoms with E-state index in [9.17, 15) is 4.79 Å². The molecule has 0 saturated carbocycles. The van der Waals surface area contributed by atoms with Gasteiger partial charge in [-0.15, -0.1) is 0 Å². The Bertz CT molecular complexity index is 624. The van der Waals surface area contributed by atoms with Crippen LogP contribution >= 0.6 is 11.6 Å². The first-order valence-corrected chi connectivity index (χ1v) is 7.18. The number of hydrogen-bond donors (Lipinski definition) is 2. The van der Waals surface area contributed by atoms with Crippen LogP contribution in [0.3, 0.4) is 0 Å². The quantitative estimate of drug-likeness (QED) is 0.760. The maximum absolute atomic E-state index is 11.9. The number of anilines is 2. The van der Waals surface area contributed by atoms with E-state index in [0.29, 0.717) is 17.3 Å². The molecular weight excluding hydrogens is 300 g/mol. The summed E-state index contributed by atoms with van der Waals surface area (Å²) in [5.74, 6) is 0.604. The third kappa shape index (κ3) is 5.14. The van der Waals surface area contributed by atoms with Gasteiger partial charge in [0.25, 0.3) is 0 Å². The molecule has 2 N–H and O–H groups in total. The molecule has 0 bridgehead atoms. The molecule has 0 saturated heterocycles. The van der Waals surface area contributed by atoms with E-state index in [2.05, 4.69) is 17.2 Å². The highest BCUT2D eigenvalue weighted by molar-refractivity contribution is 6.30. The summed E-state index contributed by atoms with van der Waals surface area (Å²) in [5.41, 5.74) is 1.56. The predicted molar refractivity (Wildman–Crippen MR) is 90.7 cm³/mol. The lowest BCUT2D eigenvalue weighted by Gasteiger charge is -2.09. The van der Waals surface area contributed by atoms with Crippen molar-refractivity contribution in [3.05, 3.63) is 66.2 Å². The highest BCUT2D eigenvalue weighted by Crippen LogP contribution is 2.16. The van der Waals surface area contributed by atoms with Gasteiger partial charge in [-0.2, -0.15) is 0 Å². The second kappa shape index (κ2) is 8.10. The Morgan fingerprint density at radius 2 is 1.73 bits per heavy atom. The normalized spacial score (nSPS) is 9.86. The van der Waals surface area contributed by atoms with Crippen molar-refractivity contribution in [3.63, 3.8) is 0 Å². The maximum Gasteiger partial charge on any atom is 0.243 e. The number of ether oxygens (including phenoxy) is 1. The maximum atomic E-state index is 11.9. The van der Waals surface area contributed by atoms with Gasteiger partial charge in [0.2, 0.25) is 5.91 Å². The summed E-state index contributed by atoms with van der Waals surface area (Å²) in [7, 11) is 0. The third-order valence-electron chi connectivity index (χ3n) is 2.80. The summed E-state index contributed by atoms with van der Waals surface area (Å²) in [6.07, 6.45) is 1.68. The molecule has 5 heteroatoms. The van der Waals surface area contributed by atoms with Crippen molar-refractivity contribution in [1.82, 2.24) is 0 Å². The number of nitrogens with one attached hydrogen (secondary N) is 2. The van der Waals surface area contributed by atoms with Crippen LogP contribution < -0.4 is 15.4 Å². The molecule has 0 heterocycles. The average molecular weight is 317 g/mol. The molecular formula is C17H17ClN2O2. The zero-order valence-corrected chi connectivity index (χ0v) is 12.8. The molecule has 0 aliphatic carbocycles. The van der Waals surface area contributed by atoms with Crippen LogP contribution in [0.5, 0.6) is 5.75 Å². The minimum atomic E-state index is -0.130. The van der Waals surface area contributed by atoms with Gasteiger partial charge in [0.1, 0.15) is 12.4 Å². The van der Waals surface area contributed by atoms with Gasteiger partial charge in [0.05, 0.1) is 6.54 Å². The number of amides is 1. The van der Waals surface area contributed by atoms with E-state index in [1.54, 1.807) is 42.5 Å². The Labute approximate surface area is 134 Å². The molecule has 0 aliphatic rings. The Morgan fingerprint density at radius 1 is 1.09 bits per heavy atom. The molecule has 1 amide bonds. The molecule has 0 atom stereocenters. The van der Waals surface area contributed by atoms with Crippen molar-refractivity contribution in [3.8, 4) is 5.75 Å². The van der Waals surface area contributed by atoms with Crippen molar-refractivity contribution in [2.75, 3.05) is 23.8 Å². The van der Waals surface area contributed by atoms with E-state index in [4.69, 9.17) is 16.3 Å². The summed E-state index contributed by atoms with van der Waals surface area (Å²) in [4.78, 5) is 11.9. The van der Waals surface area contributed by atoms with Crippen LogP contribution in [-0.2, 0) is 4.79 Å². The Balaban J connectivity index is 1.81. The first kappa shape index (κ1) is 15.9. The van der Waals surface area contributed by atoms with Crippen LogP contribution in [0.2, 0.25) is 5.02 Å².